The lowest BCUT2D eigenvalue weighted by Gasteiger charge is -2.16. The first-order valence-corrected chi connectivity index (χ1v) is 4.11. The van der Waals surface area contributed by atoms with E-state index < -0.39 is 0 Å². The van der Waals surface area contributed by atoms with E-state index in [1.807, 2.05) is 4.90 Å². The summed E-state index contributed by atoms with van der Waals surface area (Å²) < 4.78 is 0. The average molecular weight is 139 g/mol. The first-order valence-electron chi connectivity index (χ1n) is 4.11. The fourth-order valence-corrected chi connectivity index (χ4v) is 1.83. The molecule has 0 aromatic carbocycles. The van der Waals surface area contributed by atoms with Gasteiger partial charge in [0.2, 0.25) is 5.91 Å². The normalized spacial score (nSPS) is 36.5. The van der Waals surface area contributed by atoms with E-state index in [4.69, 9.17) is 0 Å². The van der Waals surface area contributed by atoms with Crippen LogP contribution in [0.4, 0.5) is 0 Å². The van der Waals surface area contributed by atoms with E-state index >= 15 is 0 Å². The molecule has 2 nitrogen and oxygen atoms in total. The van der Waals surface area contributed by atoms with Crippen molar-refractivity contribution in [2.45, 2.75) is 19.8 Å². The largest absolute Gasteiger partial charge is 0.342 e. The van der Waals surface area contributed by atoms with Crippen molar-refractivity contribution in [1.29, 1.82) is 0 Å². The molecule has 2 fully saturated rings. The summed E-state index contributed by atoms with van der Waals surface area (Å²) >= 11 is 0. The number of carbonyl (C=O) groups excluding carboxylic acids is 1. The maximum Gasteiger partial charge on any atom is 0.226 e. The molecule has 2 unspecified atom stereocenters. The SMILES string of the molecule is CCCN1CC2CC2C1=O. The van der Waals surface area contributed by atoms with Gasteiger partial charge in [-0.05, 0) is 18.8 Å². The molecular formula is C8H13NO. The molecule has 1 saturated heterocycles. The topological polar surface area (TPSA) is 20.3 Å². The number of carbonyl (C=O) groups is 1. The minimum absolute atomic E-state index is 0.423. The Balaban J connectivity index is 1.95. The highest BCUT2D eigenvalue weighted by molar-refractivity contribution is 5.84. The Hall–Kier alpha value is -0.530. The molecule has 2 aliphatic rings. The van der Waals surface area contributed by atoms with Gasteiger partial charge in [-0.1, -0.05) is 6.92 Å². The Morgan fingerprint density at radius 1 is 1.70 bits per heavy atom. The summed E-state index contributed by atoms with van der Waals surface area (Å²) in [5.41, 5.74) is 0. The van der Waals surface area contributed by atoms with Crippen LogP contribution < -0.4 is 0 Å². The molecule has 56 valence electrons. The van der Waals surface area contributed by atoms with E-state index in [9.17, 15) is 4.79 Å². The monoisotopic (exact) mass is 139 g/mol. The van der Waals surface area contributed by atoms with Gasteiger partial charge in [0.05, 0.1) is 0 Å². The highest BCUT2D eigenvalue weighted by Gasteiger charge is 2.51. The number of likely N-dealkylation sites (tertiary alicyclic amines) is 1. The first-order chi connectivity index (χ1) is 4.83. The van der Waals surface area contributed by atoms with Crippen LogP contribution in [0.1, 0.15) is 19.8 Å². The van der Waals surface area contributed by atoms with Gasteiger partial charge in [0.25, 0.3) is 0 Å². The minimum atomic E-state index is 0.423. The molecule has 1 amide bonds. The molecule has 2 atom stereocenters. The zero-order valence-electron chi connectivity index (χ0n) is 6.34. The van der Waals surface area contributed by atoms with Crippen molar-refractivity contribution < 1.29 is 4.79 Å². The maximum atomic E-state index is 11.3. The van der Waals surface area contributed by atoms with Crippen molar-refractivity contribution in [3.8, 4) is 0 Å². The standard InChI is InChI=1S/C8H13NO/c1-2-3-9-5-6-4-7(6)8(9)10/h6-7H,2-5H2,1H3. The van der Waals surface area contributed by atoms with Gasteiger partial charge >= 0.3 is 0 Å². The van der Waals surface area contributed by atoms with Crippen LogP contribution in [0.25, 0.3) is 0 Å². The quantitative estimate of drug-likeness (QED) is 0.556. The molecule has 1 aliphatic heterocycles. The van der Waals surface area contributed by atoms with Gasteiger partial charge in [0, 0.05) is 19.0 Å². The Kier molecular flexibility index (Phi) is 1.22. The molecule has 10 heavy (non-hydrogen) atoms. The molecule has 0 N–H and O–H groups in total. The third kappa shape index (κ3) is 0.746. The van der Waals surface area contributed by atoms with Crippen LogP contribution in [0, 0.1) is 11.8 Å². The van der Waals surface area contributed by atoms with Crippen molar-refractivity contribution in [3.63, 3.8) is 0 Å². The zero-order valence-corrected chi connectivity index (χ0v) is 6.34. The van der Waals surface area contributed by atoms with Gasteiger partial charge in [-0.2, -0.15) is 0 Å². The van der Waals surface area contributed by atoms with Crippen molar-refractivity contribution >= 4 is 5.91 Å². The lowest BCUT2D eigenvalue weighted by molar-refractivity contribution is -0.129. The van der Waals surface area contributed by atoms with Crippen LogP contribution in [-0.2, 0) is 4.79 Å². The predicted molar refractivity (Wildman–Crippen MR) is 38.5 cm³/mol. The zero-order chi connectivity index (χ0) is 7.14. The summed E-state index contributed by atoms with van der Waals surface area (Å²) in [6, 6.07) is 0. The second kappa shape index (κ2) is 1.97. The molecule has 1 heterocycles. The van der Waals surface area contributed by atoms with Crippen LogP contribution in [0.3, 0.4) is 0 Å². The maximum absolute atomic E-state index is 11.3. The predicted octanol–water partition coefficient (Wildman–Crippen LogP) is 0.875. The summed E-state index contributed by atoms with van der Waals surface area (Å²) in [5, 5.41) is 0. The average Bonchev–Trinajstić information content (AvgIpc) is 2.60. The highest BCUT2D eigenvalue weighted by Crippen LogP contribution is 2.45. The molecule has 0 aromatic rings. The molecule has 1 saturated carbocycles. The summed E-state index contributed by atoms with van der Waals surface area (Å²) in [4.78, 5) is 13.3. The molecule has 0 aromatic heterocycles. The fourth-order valence-electron chi connectivity index (χ4n) is 1.83. The lowest BCUT2D eigenvalue weighted by atomic mass is 10.4. The fraction of sp³-hybridized carbons (Fsp3) is 0.875. The van der Waals surface area contributed by atoms with E-state index in [1.165, 1.54) is 6.42 Å². The number of fused-ring (bicyclic) bond motifs is 1. The van der Waals surface area contributed by atoms with E-state index in [0.29, 0.717) is 11.8 Å². The number of hydrogen-bond donors (Lipinski definition) is 0. The Morgan fingerprint density at radius 2 is 2.50 bits per heavy atom. The van der Waals surface area contributed by atoms with Crippen LogP contribution in [-0.4, -0.2) is 23.9 Å². The van der Waals surface area contributed by atoms with Crippen molar-refractivity contribution in [3.05, 3.63) is 0 Å². The summed E-state index contributed by atoms with van der Waals surface area (Å²) in [6.45, 7) is 4.15. The Bertz CT molecular complexity index is 167. The van der Waals surface area contributed by atoms with E-state index in [2.05, 4.69) is 6.92 Å². The van der Waals surface area contributed by atoms with Gasteiger partial charge in [0.15, 0.2) is 0 Å². The van der Waals surface area contributed by atoms with Gasteiger partial charge in [-0.3, -0.25) is 4.79 Å². The van der Waals surface area contributed by atoms with E-state index in [-0.39, 0.29) is 0 Å². The van der Waals surface area contributed by atoms with Crippen LogP contribution in [0.15, 0.2) is 0 Å². The number of piperidine rings is 1. The number of amides is 1. The molecule has 2 heteroatoms. The van der Waals surface area contributed by atoms with Crippen LogP contribution in [0.2, 0.25) is 0 Å². The lowest BCUT2D eigenvalue weighted by Crippen LogP contribution is -2.28. The van der Waals surface area contributed by atoms with Crippen molar-refractivity contribution in [2.75, 3.05) is 13.1 Å². The molecule has 2 rings (SSSR count). The molecule has 0 bridgehead atoms. The minimum Gasteiger partial charge on any atom is -0.342 e. The van der Waals surface area contributed by atoms with Crippen molar-refractivity contribution in [2.24, 2.45) is 11.8 Å². The second-order valence-electron chi connectivity index (χ2n) is 3.39. The summed E-state index contributed by atoms with van der Waals surface area (Å²) in [6.07, 6.45) is 2.28. The van der Waals surface area contributed by atoms with Gasteiger partial charge in [-0.25, -0.2) is 0 Å². The number of hydrogen-bond acceptors (Lipinski definition) is 1. The molecule has 0 radical (unpaired) electrons. The summed E-state index contributed by atoms with van der Waals surface area (Å²) in [5.74, 6) is 1.62. The van der Waals surface area contributed by atoms with Crippen molar-refractivity contribution in [1.82, 2.24) is 4.90 Å². The third-order valence-corrected chi connectivity index (χ3v) is 2.50. The van der Waals surface area contributed by atoms with Gasteiger partial charge in [-0.15, -0.1) is 0 Å². The van der Waals surface area contributed by atoms with Crippen LogP contribution in [0.5, 0.6) is 0 Å². The van der Waals surface area contributed by atoms with Crippen LogP contribution >= 0.6 is 0 Å². The Morgan fingerprint density at radius 3 is 3.00 bits per heavy atom. The molecular weight excluding hydrogens is 126 g/mol. The van der Waals surface area contributed by atoms with E-state index in [0.717, 1.165) is 25.4 Å². The Labute approximate surface area is 61.2 Å². The second-order valence-corrected chi connectivity index (χ2v) is 3.39. The number of nitrogens with zero attached hydrogens (tertiary/aromatic N) is 1. The molecule has 1 aliphatic carbocycles. The van der Waals surface area contributed by atoms with Gasteiger partial charge < -0.3 is 4.90 Å². The highest BCUT2D eigenvalue weighted by atomic mass is 16.2. The summed E-state index contributed by atoms with van der Waals surface area (Å²) in [7, 11) is 0. The van der Waals surface area contributed by atoms with E-state index in [1.54, 1.807) is 0 Å². The smallest absolute Gasteiger partial charge is 0.226 e. The third-order valence-electron chi connectivity index (χ3n) is 2.50. The number of rotatable bonds is 2. The molecule has 0 spiro atoms. The first kappa shape index (κ1) is 6.20. The van der Waals surface area contributed by atoms with Gasteiger partial charge in [0.1, 0.15) is 0 Å².